The number of carboxylic acids is 2. The fourth-order valence-corrected chi connectivity index (χ4v) is 2.63. The first-order valence-electron chi connectivity index (χ1n) is 9.54. The third-order valence-electron chi connectivity index (χ3n) is 3.15. The molecule has 1 amide bonds. The molecule has 7 N–H and O–H groups in total. The first-order valence-corrected chi connectivity index (χ1v) is 10.5. The number of aromatic nitrogens is 2. The van der Waals surface area contributed by atoms with E-state index in [4.69, 9.17) is 21.1 Å². The summed E-state index contributed by atoms with van der Waals surface area (Å²) in [6, 6.07) is 1.46. The van der Waals surface area contributed by atoms with Crippen molar-refractivity contribution in [2.24, 2.45) is 10.7 Å². The Morgan fingerprint density at radius 2 is 1.82 bits per heavy atom. The van der Waals surface area contributed by atoms with Gasteiger partial charge in [-0.15, -0.1) is 0 Å². The van der Waals surface area contributed by atoms with Crippen LogP contribution in [0.3, 0.4) is 0 Å². The molecule has 0 aliphatic carbocycles. The zero-order chi connectivity index (χ0) is 26.0. The van der Waals surface area contributed by atoms with E-state index in [1.807, 2.05) is 0 Å². The van der Waals surface area contributed by atoms with Crippen molar-refractivity contribution in [3.05, 3.63) is 24.4 Å². The Morgan fingerprint density at radius 1 is 1.18 bits per heavy atom. The number of guanidine groups is 1. The van der Waals surface area contributed by atoms with Crippen LogP contribution in [0.25, 0.3) is 0 Å². The minimum absolute atomic E-state index is 0.0886. The Kier molecular flexibility index (Phi) is 15.4. The maximum Gasteiger partial charge on any atom is 0.408 e. The summed E-state index contributed by atoms with van der Waals surface area (Å²) >= 11 is 1.35. The lowest BCUT2D eigenvalue weighted by atomic mass is 10.2. The van der Waals surface area contributed by atoms with Gasteiger partial charge in [0.15, 0.2) is 11.1 Å². The van der Waals surface area contributed by atoms with Gasteiger partial charge in [0.05, 0.1) is 6.61 Å². The lowest BCUT2D eigenvalue weighted by Crippen LogP contribution is -2.26. The summed E-state index contributed by atoms with van der Waals surface area (Å²) in [4.78, 5) is 41.8. The molecule has 190 valence electrons. The second-order valence-electron chi connectivity index (χ2n) is 6.06. The van der Waals surface area contributed by atoms with Gasteiger partial charge in [-0.05, 0) is 18.9 Å². The van der Waals surface area contributed by atoms with Crippen LogP contribution in [0.5, 0.6) is 0 Å². The number of rotatable bonds is 12. The van der Waals surface area contributed by atoms with E-state index in [-0.39, 0.29) is 30.8 Å². The van der Waals surface area contributed by atoms with Gasteiger partial charge in [0, 0.05) is 37.1 Å². The van der Waals surface area contributed by atoms with Crippen LogP contribution in [0.4, 0.5) is 19.0 Å². The van der Waals surface area contributed by atoms with Crippen molar-refractivity contribution >= 4 is 41.4 Å². The molecule has 0 saturated heterocycles. The molecule has 1 heterocycles. The van der Waals surface area contributed by atoms with Crippen LogP contribution in [0.15, 0.2) is 34.6 Å². The van der Waals surface area contributed by atoms with Crippen LogP contribution in [-0.2, 0) is 14.4 Å². The first kappa shape index (κ1) is 30.6. The molecular formula is C18H25F3N6O6S. The van der Waals surface area contributed by atoms with E-state index in [2.05, 4.69) is 25.6 Å². The number of aliphatic hydroxyl groups excluding tert-OH is 1. The number of hydrogen-bond donors (Lipinski definition) is 6. The molecule has 0 atom stereocenters. The number of anilines is 1. The third-order valence-corrected chi connectivity index (χ3v) is 4.10. The quantitative estimate of drug-likeness (QED) is 0.0581. The highest BCUT2D eigenvalue weighted by molar-refractivity contribution is 7.99. The number of nitrogens with one attached hydrogen (secondary N) is 2. The van der Waals surface area contributed by atoms with Gasteiger partial charge in [0.2, 0.25) is 5.91 Å². The highest BCUT2D eigenvalue weighted by Crippen LogP contribution is 2.17. The molecule has 0 aliphatic heterocycles. The lowest BCUT2D eigenvalue weighted by molar-refractivity contribution is -0.134. The van der Waals surface area contributed by atoms with Crippen molar-refractivity contribution in [3.63, 3.8) is 0 Å². The number of aliphatic carboxylic acids is 2. The second-order valence-corrected chi connectivity index (χ2v) is 7.12. The van der Waals surface area contributed by atoms with Crippen molar-refractivity contribution in [2.45, 2.75) is 30.6 Å². The molecule has 0 bridgehead atoms. The SMILES string of the molecule is NC(=NCC(F)(F)F)Nc1ccnc(SCCCCC(=O)NCCO)n1.O=C(O)/C=C\C(=O)O. The average molecular weight is 510 g/mol. The van der Waals surface area contributed by atoms with Crippen molar-refractivity contribution in [2.75, 3.05) is 30.8 Å². The fourth-order valence-electron chi connectivity index (χ4n) is 1.80. The number of thioether (sulfide) groups is 1. The van der Waals surface area contributed by atoms with Gasteiger partial charge in [-0.1, -0.05) is 11.8 Å². The third kappa shape index (κ3) is 19.3. The summed E-state index contributed by atoms with van der Waals surface area (Å²) in [6.45, 7) is -1.21. The highest BCUT2D eigenvalue weighted by atomic mass is 32.2. The van der Waals surface area contributed by atoms with Crippen molar-refractivity contribution < 1.29 is 42.9 Å². The number of carbonyl (C=O) groups excluding carboxylic acids is 1. The molecule has 1 aromatic rings. The first-order chi connectivity index (χ1) is 15.9. The maximum absolute atomic E-state index is 12.1. The summed E-state index contributed by atoms with van der Waals surface area (Å²) in [5, 5.41) is 29.7. The summed E-state index contributed by atoms with van der Waals surface area (Å²) in [5.41, 5.74) is 5.38. The molecule has 12 nitrogen and oxygen atoms in total. The van der Waals surface area contributed by atoms with E-state index in [0.717, 1.165) is 6.42 Å². The number of nitrogens with zero attached hydrogens (tertiary/aromatic N) is 3. The van der Waals surface area contributed by atoms with Crippen LogP contribution < -0.4 is 16.4 Å². The molecule has 16 heteroatoms. The fraction of sp³-hybridized carbons (Fsp3) is 0.444. The standard InChI is InChI=1S/C14H21F3N6O2S.C4H4O4/c15-14(16,17)9-21-12(18)22-10-4-5-20-13(23-10)26-8-2-1-3-11(25)19-6-7-24;5-3(6)1-2-4(7)8/h4-5,24H,1-3,6-9H2,(H,19,25)(H3,18,20,21,22,23);1-2H,(H,5,6)(H,7,8)/b;2-1-. The molecule has 0 spiro atoms. The zero-order valence-corrected chi connectivity index (χ0v) is 18.6. The van der Waals surface area contributed by atoms with Crippen molar-refractivity contribution in [1.29, 1.82) is 0 Å². The molecule has 1 rings (SSSR count). The summed E-state index contributed by atoms with van der Waals surface area (Å²) < 4.78 is 36.2. The molecule has 1 aromatic heterocycles. The molecule has 0 saturated carbocycles. The molecule has 0 unspecified atom stereocenters. The van der Waals surface area contributed by atoms with Crippen LogP contribution in [-0.4, -0.2) is 80.7 Å². The van der Waals surface area contributed by atoms with E-state index in [9.17, 15) is 27.6 Å². The highest BCUT2D eigenvalue weighted by Gasteiger charge is 2.26. The van der Waals surface area contributed by atoms with Gasteiger partial charge in [-0.25, -0.2) is 24.5 Å². The number of carbonyl (C=O) groups is 3. The zero-order valence-electron chi connectivity index (χ0n) is 17.8. The van der Waals surface area contributed by atoms with E-state index < -0.39 is 24.7 Å². The number of nitrogens with two attached hydrogens (primary N) is 1. The van der Waals surface area contributed by atoms with Crippen molar-refractivity contribution in [3.8, 4) is 0 Å². The number of amides is 1. The van der Waals surface area contributed by atoms with E-state index in [1.165, 1.54) is 24.0 Å². The Hall–Kier alpha value is -3.40. The van der Waals surface area contributed by atoms with E-state index >= 15 is 0 Å². The smallest absolute Gasteiger partial charge is 0.408 e. The number of aliphatic hydroxyl groups is 1. The summed E-state index contributed by atoms with van der Waals surface area (Å²) in [5.74, 6) is -2.09. The Labute approximate surface area is 196 Å². The predicted octanol–water partition coefficient (Wildman–Crippen LogP) is 0.848. The van der Waals surface area contributed by atoms with Crippen LogP contribution in [0.1, 0.15) is 19.3 Å². The van der Waals surface area contributed by atoms with Gasteiger partial charge in [0.1, 0.15) is 12.4 Å². The number of alkyl halides is 3. The Balaban J connectivity index is 0.00000116. The molecule has 0 fully saturated rings. The number of halogens is 3. The van der Waals surface area contributed by atoms with Gasteiger partial charge < -0.3 is 31.7 Å². The lowest BCUT2D eigenvalue weighted by Gasteiger charge is -2.07. The van der Waals surface area contributed by atoms with E-state index in [0.29, 0.717) is 35.9 Å². The molecular weight excluding hydrogens is 485 g/mol. The molecule has 0 aliphatic rings. The van der Waals surface area contributed by atoms with Gasteiger partial charge in [0.25, 0.3) is 0 Å². The number of unbranched alkanes of at least 4 members (excludes halogenated alkanes) is 1. The minimum atomic E-state index is -4.42. The van der Waals surface area contributed by atoms with Crippen LogP contribution in [0.2, 0.25) is 0 Å². The van der Waals surface area contributed by atoms with Gasteiger partial charge in [-0.2, -0.15) is 13.2 Å². The van der Waals surface area contributed by atoms with Gasteiger partial charge >= 0.3 is 18.1 Å². The van der Waals surface area contributed by atoms with E-state index in [1.54, 1.807) is 0 Å². The Morgan fingerprint density at radius 3 is 2.38 bits per heavy atom. The largest absolute Gasteiger partial charge is 0.478 e. The molecule has 0 aromatic carbocycles. The molecule has 0 radical (unpaired) electrons. The maximum atomic E-state index is 12.1. The van der Waals surface area contributed by atoms with Crippen LogP contribution >= 0.6 is 11.8 Å². The van der Waals surface area contributed by atoms with Crippen LogP contribution in [0, 0.1) is 0 Å². The second kappa shape index (κ2) is 17.1. The average Bonchev–Trinajstić information content (AvgIpc) is 2.75. The normalized spacial score (nSPS) is 11.5. The van der Waals surface area contributed by atoms with Gasteiger partial charge in [-0.3, -0.25) is 4.79 Å². The topological polar surface area (TPSA) is 200 Å². The minimum Gasteiger partial charge on any atom is -0.478 e. The summed E-state index contributed by atoms with van der Waals surface area (Å²) in [6.07, 6.45) is -0.0441. The number of hydrogen-bond acceptors (Lipinski definition) is 8. The van der Waals surface area contributed by atoms with Crippen molar-refractivity contribution in [1.82, 2.24) is 15.3 Å². The summed E-state index contributed by atoms with van der Waals surface area (Å²) in [7, 11) is 0. The number of aliphatic imine (C=N–C) groups is 1. The predicted molar refractivity (Wildman–Crippen MR) is 117 cm³/mol. The monoisotopic (exact) mass is 510 g/mol. The number of carboxylic acid groups (broad SMARTS) is 2. The Bertz CT molecular complexity index is 838. The molecule has 34 heavy (non-hydrogen) atoms.